The summed E-state index contributed by atoms with van der Waals surface area (Å²) in [6.45, 7) is 7.14. The average molecular weight is 505 g/mol. The Kier molecular flexibility index (Phi) is 13.3. The number of nitrogens with one attached hydrogen (secondary N) is 1. The van der Waals surface area contributed by atoms with E-state index in [9.17, 15) is 0 Å². The molecule has 6 nitrogen and oxygen atoms in total. The lowest BCUT2D eigenvalue weighted by Gasteiger charge is -2.34. The molecule has 1 aliphatic rings. The van der Waals surface area contributed by atoms with Crippen molar-refractivity contribution in [3.8, 4) is 5.75 Å². The van der Waals surface area contributed by atoms with Crippen LogP contribution in [0.5, 0.6) is 5.75 Å². The smallest absolute Gasteiger partial charge is 0.193 e. The Hall–Kier alpha value is -1.06. The number of benzene rings is 1. The number of aliphatic imine (C=N–C) groups is 1. The molecule has 1 N–H and O–H groups in total. The lowest BCUT2D eigenvalue weighted by Crippen LogP contribution is -2.47. The molecule has 0 aromatic heterocycles. The number of rotatable bonds is 10. The first-order chi connectivity index (χ1) is 13.2. The maximum Gasteiger partial charge on any atom is 0.193 e. The van der Waals surface area contributed by atoms with Crippen LogP contribution in [0.25, 0.3) is 0 Å². The molecule has 0 radical (unpaired) electrons. The summed E-state index contributed by atoms with van der Waals surface area (Å²) in [5.74, 6) is 1.90. The van der Waals surface area contributed by atoms with Gasteiger partial charge in [-0.25, -0.2) is 0 Å². The zero-order valence-corrected chi connectivity index (χ0v) is 19.8. The van der Waals surface area contributed by atoms with E-state index in [1.54, 1.807) is 7.11 Å². The molecule has 1 saturated heterocycles. The van der Waals surface area contributed by atoms with E-state index in [0.29, 0.717) is 12.7 Å². The van der Waals surface area contributed by atoms with Crippen LogP contribution in [0.3, 0.4) is 0 Å². The fourth-order valence-corrected chi connectivity index (χ4v) is 3.12. The Bertz CT molecular complexity index is 546. The van der Waals surface area contributed by atoms with E-state index < -0.39 is 0 Å². The summed E-state index contributed by atoms with van der Waals surface area (Å²) in [5.41, 5.74) is 1.25. The standard InChI is InChI=1S/C21H35N3O3.HI/c1-18-6-8-19(9-7-18)26-16-4-12-23-21(22-2)24-13-10-20(11-14-24)27-17-5-15-25-3;/h6-9,20H,4-5,10-17H2,1-3H3,(H,22,23);1H. The van der Waals surface area contributed by atoms with E-state index in [0.717, 1.165) is 70.2 Å². The molecule has 0 unspecified atom stereocenters. The van der Waals surface area contributed by atoms with Gasteiger partial charge in [-0.1, -0.05) is 17.7 Å². The van der Waals surface area contributed by atoms with Crippen LogP contribution < -0.4 is 10.1 Å². The van der Waals surface area contributed by atoms with Crippen molar-refractivity contribution in [1.29, 1.82) is 0 Å². The topological polar surface area (TPSA) is 55.3 Å². The van der Waals surface area contributed by atoms with Gasteiger partial charge < -0.3 is 24.4 Å². The summed E-state index contributed by atoms with van der Waals surface area (Å²) in [6.07, 6.45) is 4.35. The van der Waals surface area contributed by atoms with Crippen molar-refractivity contribution >= 4 is 29.9 Å². The molecule has 0 bridgehead atoms. The van der Waals surface area contributed by atoms with Crippen LogP contribution in [-0.4, -0.2) is 70.6 Å². The second kappa shape index (κ2) is 14.9. The molecule has 1 aromatic rings. The molecule has 1 aliphatic heterocycles. The van der Waals surface area contributed by atoms with Crippen LogP contribution in [0.1, 0.15) is 31.2 Å². The van der Waals surface area contributed by atoms with Gasteiger partial charge in [0.15, 0.2) is 5.96 Å². The third-order valence-electron chi connectivity index (χ3n) is 4.69. The molecule has 0 aliphatic carbocycles. The summed E-state index contributed by atoms with van der Waals surface area (Å²) in [5, 5.41) is 3.45. The van der Waals surface area contributed by atoms with Crippen molar-refractivity contribution in [3.63, 3.8) is 0 Å². The third-order valence-corrected chi connectivity index (χ3v) is 4.69. The number of ether oxygens (including phenoxy) is 3. The van der Waals surface area contributed by atoms with Crippen molar-refractivity contribution in [2.75, 3.05) is 53.6 Å². The predicted octanol–water partition coefficient (Wildman–Crippen LogP) is 3.47. The molecule has 28 heavy (non-hydrogen) atoms. The van der Waals surface area contributed by atoms with E-state index in [2.05, 4.69) is 34.3 Å². The fraction of sp³-hybridized carbons (Fsp3) is 0.667. The molecule has 0 amide bonds. The van der Waals surface area contributed by atoms with E-state index >= 15 is 0 Å². The lowest BCUT2D eigenvalue weighted by atomic mass is 10.1. The molecule has 7 heteroatoms. The van der Waals surface area contributed by atoms with Crippen LogP contribution in [0, 0.1) is 6.92 Å². The van der Waals surface area contributed by atoms with Gasteiger partial charge in [-0.05, 0) is 44.7 Å². The van der Waals surface area contributed by atoms with Crippen molar-refractivity contribution in [2.24, 2.45) is 4.99 Å². The Morgan fingerprint density at radius 3 is 2.46 bits per heavy atom. The maximum absolute atomic E-state index is 5.93. The Morgan fingerprint density at radius 2 is 1.82 bits per heavy atom. The quantitative estimate of drug-likeness (QED) is 0.229. The minimum Gasteiger partial charge on any atom is -0.494 e. The molecule has 1 aromatic carbocycles. The fourth-order valence-electron chi connectivity index (χ4n) is 3.12. The summed E-state index contributed by atoms with van der Waals surface area (Å²) in [6, 6.07) is 8.17. The number of likely N-dealkylation sites (tertiary alicyclic amines) is 1. The van der Waals surface area contributed by atoms with Gasteiger partial charge in [-0.3, -0.25) is 4.99 Å². The molecule has 0 saturated carbocycles. The molecular weight excluding hydrogens is 469 g/mol. The lowest BCUT2D eigenvalue weighted by molar-refractivity contribution is 0.00991. The molecule has 0 spiro atoms. The van der Waals surface area contributed by atoms with Crippen molar-refractivity contribution in [3.05, 3.63) is 29.8 Å². The minimum absolute atomic E-state index is 0. The first-order valence-corrected chi connectivity index (χ1v) is 9.98. The number of nitrogens with zero attached hydrogens (tertiary/aromatic N) is 2. The first-order valence-electron chi connectivity index (χ1n) is 9.98. The average Bonchev–Trinajstić information content (AvgIpc) is 2.70. The zero-order valence-electron chi connectivity index (χ0n) is 17.5. The van der Waals surface area contributed by atoms with Crippen LogP contribution in [0.4, 0.5) is 0 Å². The van der Waals surface area contributed by atoms with Gasteiger partial charge in [-0.15, -0.1) is 24.0 Å². The first kappa shape index (κ1) is 25.0. The van der Waals surface area contributed by atoms with Gasteiger partial charge in [0.2, 0.25) is 0 Å². The van der Waals surface area contributed by atoms with E-state index in [4.69, 9.17) is 14.2 Å². The highest BCUT2D eigenvalue weighted by Gasteiger charge is 2.21. The normalized spacial score (nSPS) is 15.2. The van der Waals surface area contributed by atoms with E-state index in [1.807, 2.05) is 19.2 Å². The largest absolute Gasteiger partial charge is 0.494 e. The van der Waals surface area contributed by atoms with Crippen molar-refractivity contribution < 1.29 is 14.2 Å². The molecule has 160 valence electrons. The zero-order chi connectivity index (χ0) is 19.3. The number of hydrogen-bond donors (Lipinski definition) is 1. The maximum atomic E-state index is 5.93. The molecule has 0 atom stereocenters. The Morgan fingerprint density at radius 1 is 1.11 bits per heavy atom. The number of guanidine groups is 1. The van der Waals surface area contributed by atoms with Crippen LogP contribution in [0.15, 0.2) is 29.3 Å². The number of halogens is 1. The van der Waals surface area contributed by atoms with Gasteiger partial charge in [0.25, 0.3) is 0 Å². The third kappa shape index (κ3) is 9.43. The second-order valence-electron chi connectivity index (χ2n) is 6.89. The van der Waals surface area contributed by atoms with Gasteiger partial charge >= 0.3 is 0 Å². The highest BCUT2D eigenvalue weighted by Crippen LogP contribution is 2.14. The van der Waals surface area contributed by atoms with Gasteiger partial charge in [-0.2, -0.15) is 0 Å². The SMILES string of the molecule is CN=C(NCCCOc1ccc(C)cc1)N1CCC(OCCCOC)CC1.I. The van der Waals surface area contributed by atoms with Crippen LogP contribution in [-0.2, 0) is 9.47 Å². The molecule has 2 rings (SSSR count). The molecule has 1 heterocycles. The Balaban J connectivity index is 0.00000392. The summed E-state index contributed by atoms with van der Waals surface area (Å²) < 4.78 is 16.8. The Labute approximate surface area is 187 Å². The van der Waals surface area contributed by atoms with Gasteiger partial charge in [0.1, 0.15) is 5.75 Å². The van der Waals surface area contributed by atoms with E-state index in [1.165, 1.54) is 5.56 Å². The summed E-state index contributed by atoms with van der Waals surface area (Å²) >= 11 is 0. The monoisotopic (exact) mass is 505 g/mol. The highest BCUT2D eigenvalue weighted by molar-refractivity contribution is 14.0. The number of piperidine rings is 1. The van der Waals surface area contributed by atoms with Crippen LogP contribution >= 0.6 is 24.0 Å². The molecular formula is C21H36IN3O3. The van der Waals surface area contributed by atoms with Crippen molar-refractivity contribution in [2.45, 2.75) is 38.7 Å². The number of hydrogen-bond acceptors (Lipinski definition) is 4. The number of aryl methyl sites for hydroxylation is 1. The number of methoxy groups -OCH3 is 1. The van der Waals surface area contributed by atoms with Crippen LogP contribution in [0.2, 0.25) is 0 Å². The van der Waals surface area contributed by atoms with Crippen molar-refractivity contribution in [1.82, 2.24) is 10.2 Å². The summed E-state index contributed by atoms with van der Waals surface area (Å²) in [4.78, 5) is 6.74. The molecule has 1 fully saturated rings. The van der Waals surface area contributed by atoms with Gasteiger partial charge in [0.05, 0.1) is 12.7 Å². The second-order valence-corrected chi connectivity index (χ2v) is 6.89. The summed E-state index contributed by atoms with van der Waals surface area (Å²) in [7, 11) is 3.57. The van der Waals surface area contributed by atoms with E-state index in [-0.39, 0.29) is 24.0 Å². The van der Waals surface area contributed by atoms with Gasteiger partial charge in [0, 0.05) is 47.0 Å². The predicted molar refractivity (Wildman–Crippen MR) is 125 cm³/mol. The minimum atomic E-state index is 0. The highest BCUT2D eigenvalue weighted by atomic mass is 127.